The van der Waals surface area contributed by atoms with E-state index in [4.69, 9.17) is 4.74 Å². The minimum absolute atomic E-state index is 0.129. The molecule has 3 aliphatic rings. The van der Waals surface area contributed by atoms with Gasteiger partial charge in [-0.2, -0.15) is 0 Å². The summed E-state index contributed by atoms with van der Waals surface area (Å²) in [6.07, 6.45) is 3.70. The summed E-state index contributed by atoms with van der Waals surface area (Å²) in [6.45, 7) is 12.4. The maximum Gasteiger partial charge on any atom is 0.195 e. The Morgan fingerprint density at radius 3 is 2.36 bits per heavy atom. The number of hydrogen-bond acceptors (Lipinski definition) is 3. The molecule has 0 aromatic rings. The summed E-state index contributed by atoms with van der Waals surface area (Å²) in [5, 5.41) is 10.8. The number of rotatable bonds is 2. The van der Waals surface area contributed by atoms with Crippen LogP contribution >= 0.6 is 0 Å². The van der Waals surface area contributed by atoms with Crippen molar-refractivity contribution in [1.82, 2.24) is 0 Å². The zero-order valence-electron chi connectivity index (χ0n) is 14.5. The van der Waals surface area contributed by atoms with E-state index in [2.05, 4.69) is 6.92 Å². The summed E-state index contributed by atoms with van der Waals surface area (Å²) in [7, 11) is 0. The van der Waals surface area contributed by atoms with Crippen LogP contribution in [0.5, 0.6) is 0 Å². The third-order valence-electron chi connectivity index (χ3n) is 5.52. The van der Waals surface area contributed by atoms with E-state index in [1.54, 1.807) is 6.92 Å². The number of ketones is 1. The fraction of sp³-hybridized carbons (Fsp3) is 0.632. The highest BCUT2D eigenvalue weighted by Crippen LogP contribution is 2.64. The van der Waals surface area contributed by atoms with E-state index in [0.29, 0.717) is 12.2 Å². The van der Waals surface area contributed by atoms with Gasteiger partial charge in [0.05, 0.1) is 12.2 Å². The molecule has 3 heteroatoms. The average Bonchev–Trinajstić information content (AvgIpc) is 3.13. The zero-order chi connectivity index (χ0) is 16.5. The van der Waals surface area contributed by atoms with Gasteiger partial charge in [-0.25, -0.2) is 0 Å². The quantitative estimate of drug-likeness (QED) is 0.849. The Morgan fingerprint density at radius 2 is 1.86 bits per heavy atom. The van der Waals surface area contributed by atoms with Crippen LogP contribution in [0.1, 0.15) is 54.4 Å². The molecule has 120 valence electrons. The van der Waals surface area contributed by atoms with Gasteiger partial charge in [-0.1, -0.05) is 5.57 Å². The number of fused-ring (bicyclic) bond motifs is 1. The van der Waals surface area contributed by atoms with Crippen molar-refractivity contribution in [3.63, 3.8) is 0 Å². The lowest BCUT2D eigenvalue weighted by Crippen LogP contribution is -2.49. The summed E-state index contributed by atoms with van der Waals surface area (Å²) in [6, 6.07) is 0. The highest BCUT2D eigenvalue weighted by atomic mass is 16.5. The van der Waals surface area contributed by atoms with Crippen molar-refractivity contribution >= 4 is 5.78 Å². The van der Waals surface area contributed by atoms with Gasteiger partial charge in [0, 0.05) is 11.0 Å². The SMILES string of the molecule is CC1=C(COC(C)(C)C)C2=C(C)C3(CC3)C(C)(O)C(=O)C2=C1. The van der Waals surface area contributed by atoms with Crippen LogP contribution in [0.3, 0.4) is 0 Å². The Labute approximate surface area is 132 Å². The second-order valence-electron chi connectivity index (χ2n) is 8.10. The van der Waals surface area contributed by atoms with Crippen molar-refractivity contribution in [1.29, 1.82) is 0 Å². The first kappa shape index (κ1) is 15.7. The third-order valence-corrected chi connectivity index (χ3v) is 5.52. The van der Waals surface area contributed by atoms with E-state index in [-0.39, 0.29) is 16.8 Å². The van der Waals surface area contributed by atoms with Gasteiger partial charge in [0.15, 0.2) is 5.78 Å². The van der Waals surface area contributed by atoms with Crippen LogP contribution in [0.15, 0.2) is 33.9 Å². The van der Waals surface area contributed by atoms with Crippen LogP contribution in [0.25, 0.3) is 0 Å². The van der Waals surface area contributed by atoms with Gasteiger partial charge < -0.3 is 9.84 Å². The van der Waals surface area contributed by atoms with Gasteiger partial charge >= 0.3 is 0 Å². The topological polar surface area (TPSA) is 46.5 Å². The highest BCUT2D eigenvalue weighted by molar-refractivity contribution is 6.10. The van der Waals surface area contributed by atoms with Crippen LogP contribution in [0.4, 0.5) is 0 Å². The van der Waals surface area contributed by atoms with Gasteiger partial charge in [-0.15, -0.1) is 0 Å². The molecule has 0 bridgehead atoms. The van der Waals surface area contributed by atoms with E-state index in [9.17, 15) is 9.90 Å². The Bertz CT molecular complexity index is 647. The van der Waals surface area contributed by atoms with Crippen LogP contribution in [0.2, 0.25) is 0 Å². The first-order valence-electron chi connectivity index (χ1n) is 8.06. The normalized spacial score (nSPS) is 30.1. The monoisotopic (exact) mass is 302 g/mol. The van der Waals surface area contributed by atoms with Gasteiger partial charge in [-0.05, 0) is 77.2 Å². The van der Waals surface area contributed by atoms with Gasteiger partial charge in [0.2, 0.25) is 0 Å². The Hall–Kier alpha value is -1.19. The number of Topliss-reactive ketones (excluding diaryl/α,β-unsaturated/α-hetero) is 1. The standard InChI is InChI=1S/C19H26O3/c1-11-9-13-15(14(11)10-22-17(3,4)5)12(2)19(7-8-19)18(6,21)16(13)20/h9,21H,7-8,10H2,1-6H3. The van der Waals surface area contributed by atoms with Crippen LogP contribution in [-0.2, 0) is 9.53 Å². The zero-order valence-corrected chi connectivity index (χ0v) is 14.5. The molecule has 3 nitrogen and oxygen atoms in total. The molecule has 1 saturated carbocycles. The van der Waals surface area contributed by atoms with Crippen molar-refractivity contribution in [2.24, 2.45) is 5.41 Å². The van der Waals surface area contributed by atoms with E-state index < -0.39 is 5.60 Å². The molecular weight excluding hydrogens is 276 g/mol. The van der Waals surface area contributed by atoms with E-state index in [1.807, 2.05) is 33.8 Å². The number of aliphatic hydroxyl groups is 1. The molecule has 1 atom stereocenters. The molecule has 1 spiro atoms. The smallest absolute Gasteiger partial charge is 0.195 e. The van der Waals surface area contributed by atoms with Crippen molar-refractivity contribution < 1.29 is 14.6 Å². The van der Waals surface area contributed by atoms with Gasteiger partial charge in [0.1, 0.15) is 5.60 Å². The van der Waals surface area contributed by atoms with Crippen molar-refractivity contribution in [2.75, 3.05) is 6.61 Å². The fourth-order valence-electron chi connectivity index (χ4n) is 3.89. The van der Waals surface area contributed by atoms with Crippen LogP contribution < -0.4 is 0 Å². The fourth-order valence-corrected chi connectivity index (χ4v) is 3.89. The largest absolute Gasteiger partial charge is 0.381 e. The van der Waals surface area contributed by atoms with E-state index in [1.165, 1.54) is 0 Å². The molecule has 3 rings (SSSR count). The molecule has 1 unspecified atom stereocenters. The molecule has 1 fully saturated rings. The van der Waals surface area contributed by atoms with Crippen molar-refractivity contribution in [2.45, 2.75) is 65.6 Å². The summed E-state index contributed by atoms with van der Waals surface area (Å²) in [4.78, 5) is 12.8. The van der Waals surface area contributed by atoms with Crippen LogP contribution in [-0.4, -0.2) is 28.7 Å². The van der Waals surface area contributed by atoms with Crippen molar-refractivity contribution in [3.8, 4) is 0 Å². The molecule has 0 heterocycles. The number of carbonyl (C=O) groups is 1. The number of hydrogen-bond donors (Lipinski definition) is 1. The molecule has 1 N–H and O–H groups in total. The maximum atomic E-state index is 12.8. The second-order valence-corrected chi connectivity index (χ2v) is 8.10. The third kappa shape index (κ3) is 1.99. The first-order valence-corrected chi connectivity index (χ1v) is 8.06. The lowest BCUT2D eigenvalue weighted by Gasteiger charge is -2.39. The number of allylic oxidation sites excluding steroid dienone is 2. The summed E-state index contributed by atoms with van der Waals surface area (Å²) < 4.78 is 5.96. The first-order chi connectivity index (χ1) is 10.0. The molecule has 3 aliphatic carbocycles. The maximum absolute atomic E-state index is 12.8. The summed E-state index contributed by atoms with van der Waals surface area (Å²) >= 11 is 0. The van der Waals surface area contributed by atoms with Crippen molar-refractivity contribution in [3.05, 3.63) is 33.9 Å². The van der Waals surface area contributed by atoms with Gasteiger partial charge in [0.25, 0.3) is 0 Å². The predicted molar refractivity (Wildman–Crippen MR) is 86.5 cm³/mol. The molecule has 0 radical (unpaired) electrons. The second kappa shape index (κ2) is 4.42. The Kier molecular flexibility index (Phi) is 3.16. The lowest BCUT2D eigenvalue weighted by molar-refractivity contribution is -0.137. The van der Waals surface area contributed by atoms with E-state index in [0.717, 1.165) is 35.1 Å². The molecule has 0 aromatic carbocycles. The number of carbonyl (C=O) groups excluding carboxylic acids is 1. The minimum atomic E-state index is -1.27. The predicted octanol–water partition coefficient (Wildman–Crippen LogP) is 3.49. The summed E-state index contributed by atoms with van der Waals surface area (Å²) in [5.74, 6) is -0.129. The summed E-state index contributed by atoms with van der Waals surface area (Å²) in [5.41, 5.74) is 3.22. The molecule has 0 saturated heterocycles. The molecule has 0 aromatic heterocycles. The van der Waals surface area contributed by atoms with E-state index >= 15 is 0 Å². The molecule has 22 heavy (non-hydrogen) atoms. The molecular formula is C19H26O3. The van der Waals surface area contributed by atoms with Gasteiger partial charge in [-0.3, -0.25) is 4.79 Å². The van der Waals surface area contributed by atoms with Crippen LogP contribution in [0, 0.1) is 5.41 Å². The lowest BCUT2D eigenvalue weighted by atomic mass is 9.67. The Morgan fingerprint density at radius 1 is 1.27 bits per heavy atom. The minimum Gasteiger partial charge on any atom is -0.381 e. The highest BCUT2D eigenvalue weighted by Gasteiger charge is 2.65. The molecule has 0 amide bonds. The Balaban J connectivity index is 2.05. The molecule has 0 aliphatic heterocycles. The average molecular weight is 302 g/mol. The number of ether oxygens (including phenoxy) is 1.